The van der Waals surface area contributed by atoms with Crippen molar-refractivity contribution < 1.29 is 4.79 Å². The first kappa shape index (κ1) is 16.4. The first-order valence-electron chi connectivity index (χ1n) is 8.06. The average molecular weight is 371 g/mol. The maximum Gasteiger partial charge on any atom is 0.272 e. The van der Waals surface area contributed by atoms with Gasteiger partial charge in [-0.15, -0.1) is 11.3 Å². The molecule has 0 saturated heterocycles. The molecule has 25 heavy (non-hydrogen) atoms. The molecule has 0 bridgehead atoms. The second-order valence-corrected chi connectivity index (χ2v) is 7.67. The molecule has 7 heteroatoms. The highest BCUT2D eigenvalue weighted by Crippen LogP contribution is 2.30. The lowest BCUT2D eigenvalue weighted by Crippen LogP contribution is -2.35. The number of carbonyl (C=O) groups is 1. The maximum absolute atomic E-state index is 12.7. The maximum atomic E-state index is 12.7. The Balaban J connectivity index is 1.58. The molecule has 2 heterocycles. The fourth-order valence-electron chi connectivity index (χ4n) is 3.31. The number of aromatic nitrogens is 2. The number of hydrogen-bond acceptors (Lipinski definition) is 5. The molecule has 4 rings (SSSR count). The van der Waals surface area contributed by atoms with Gasteiger partial charge in [0.1, 0.15) is 11.2 Å². The molecule has 0 aliphatic heterocycles. The minimum Gasteiger partial charge on any atom is -0.348 e. The van der Waals surface area contributed by atoms with Gasteiger partial charge >= 0.3 is 0 Å². The van der Waals surface area contributed by atoms with Gasteiger partial charge in [-0.05, 0) is 41.7 Å². The Morgan fingerprint density at radius 1 is 1.40 bits per heavy atom. The van der Waals surface area contributed by atoms with E-state index in [1.807, 2.05) is 29.8 Å². The third-order valence-corrected chi connectivity index (χ3v) is 6.05. The molecule has 2 aromatic heterocycles. The first-order valence-corrected chi connectivity index (χ1v) is 10.2. The lowest BCUT2D eigenvalue weighted by atomic mass is 10.1. The van der Waals surface area contributed by atoms with Crippen LogP contribution in [0.5, 0.6) is 0 Å². The molecule has 1 N–H and O–H groups in total. The normalized spacial score (nSPS) is 16.1. The second-order valence-electron chi connectivity index (χ2n) is 5.98. The Kier molecular flexibility index (Phi) is 4.35. The minimum atomic E-state index is -0.156. The van der Waals surface area contributed by atoms with E-state index >= 15 is 0 Å². The summed E-state index contributed by atoms with van der Waals surface area (Å²) in [6.45, 7) is -0.00544. The smallest absolute Gasteiger partial charge is 0.272 e. The fourth-order valence-corrected chi connectivity index (χ4v) is 4.65. The summed E-state index contributed by atoms with van der Waals surface area (Å²) in [4.78, 5) is 29.7. The second kappa shape index (κ2) is 6.65. The van der Waals surface area contributed by atoms with E-state index in [-0.39, 0.29) is 24.1 Å². The third-order valence-electron chi connectivity index (χ3n) is 4.48. The van der Waals surface area contributed by atoms with Crippen molar-refractivity contribution in [3.63, 3.8) is 0 Å². The summed E-state index contributed by atoms with van der Waals surface area (Å²) in [6.07, 6.45) is 3.74. The average Bonchev–Trinajstić information content (AvgIpc) is 3.25. The Morgan fingerprint density at radius 3 is 3.08 bits per heavy atom. The number of aryl methyl sites for hydroxylation is 1. The number of thiophene rings is 1. The molecule has 0 unspecified atom stereocenters. The number of thioether (sulfide) groups is 1. The molecule has 5 nitrogen and oxygen atoms in total. The molecule has 1 aromatic carbocycles. The molecule has 128 valence electrons. The van der Waals surface area contributed by atoms with E-state index < -0.39 is 0 Å². The zero-order valence-corrected chi connectivity index (χ0v) is 15.3. The summed E-state index contributed by atoms with van der Waals surface area (Å²) in [7, 11) is 0. The fraction of sp³-hybridized carbons (Fsp3) is 0.278. The van der Waals surface area contributed by atoms with E-state index in [9.17, 15) is 9.59 Å². The number of benzene rings is 1. The summed E-state index contributed by atoms with van der Waals surface area (Å²) in [5.74, 6) is -0.156. The van der Waals surface area contributed by atoms with E-state index in [4.69, 9.17) is 0 Å². The summed E-state index contributed by atoms with van der Waals surface area (Å²) in [5.41, 5.74) is 3.02. The minimum absolute atomic E-state index is 0.00544. The van der Waals surface area contributed by atoms with Crippen LogP contribution in [0.15, 0.2) is 45.7 Å². The van der Waals surface area contributed by atoms with Crippen molar-refractivity contribution in [1.29, 1.82) is 0 Å². The van der Waals surface area contributed by atoms with Crippen LogP contribution < -0.4 is 10.9 Å². The van der Waals surface area contributed by atoms with Crippen LogP contribution in [0.2, 0.25) is 0 Å². The van der Waals surface area contributed by atoms with Crippen molar-refractivity contribution >= 4 is 39.2 Å². The number of amides is 1. The van der Waals surface area contributed by atoms with E-state index in [0.717, 1.165) is 12.8 Å². The van der Waals surface area contributed by atoms with E-state index in [2.05, 4.69) is 22.4 Å². The number of carbonyl (C=O) groups excluding carboxylic acids is 1. The number of nitrogens with zero attached hydrogens (tertiary/aromatic N) is 2. The Morgan fingerprint density at radius 2 is 2.24 bits per heavy atom. The molecule has 0 saturated carbocycles. The molecule has 1 amide bonds. The molecule has 1 aliphatic rings. The van der Waals surface area contributed by atoms with Crippen molar-refractivity contribution in [3.05, 3.63) is 57.2 Å². The number of nitrogens with one attached hydrogen (secondary N) is 1. The van der Waals surface area contributed by atoms with Crippen molar-refractivity contribution in [3.8, 4) is 0 Å². The SMILES string of the molecule is CSc1nc2ccsc2c(=O)n1CC(=O)N[C@@H]1CCc2ccccc21. The van der Waals surface area contributed by atoms with Crippen molar-refractivity contribution in [1.82, 2.24) is 14.9 Å². The van der Waals surface area contributed by atoms with Gasteiger partial charge in [-0.2, -0.15) is 0 Å². The largest absolute Gasteiger partial charge is 0.348 e. The Labute approximate surface area is 153 Å². The van der Waals surface area contributed by atoms with Gasteiger partial charge < -0.3 is 5.32 Å². The predicted molar refractivity (Wildman–Crippen MR) is 101 cm³/mol. The zero-order valence-electron chi connectivity index (χ0n) is 13.7. The van der Waals surface area contributed by atoms with Gasteiger partial charge in [0.15, 0.2) is 5.16 Å². The van der Waals surface area contributed by atoms with Gasteiger partial charge in [-0.3, -0.25) is 14.2 Å². The van der Waals surface area contributed by atoms with Crippen LogP contribution >= 0.6 is 23.1 Å². The van der Waals surface area contributed by atoms with Gasteiger partial charge in [-0.25, -0.2) is 4.98 Å². The molecule has 3 aromatic rings. The van der Waals surface area contributed by atoms with E-state index in [1.165, 1.54) is 38.8 Å². The molecule has 1 aliphatic carbocycles. The van der Waals surface area contributed by atoms with Crippen molar-refractivity contribution in [2.75, 3.05) is 6.26 Å². The van der Waals surface area contributed by atoms with E-state index in [1.54, 1.807) is 0 Å². The van der Waals surface area contributed by atoms with Gasteiger partial charge in [0.2, 0.25) is 5.91 Å². The monoisotopic (exact) mass is 371 g/mol. The highest BCUT2D eigenvalue weighted by molar-refractivity contribution is 7.98. The summed E-state index contributed by atoms with van der Waals surface area (Å²) in [5, 5.41) is 5.49. The molecule has 1 atom stereocenters. The van der Waals surface area contributed by atoms with E-state index in [0.29, 0.717) is 15.4 Å². The molecule has 0 fully saturated rings. The quantitative estimate of drug-likeness (QED) is 0.566. The van der Waals surface area contributed by atoms with Gasteiger partial charge in [0.25, 0.3) is 5.56 Å². The Bertz CT molecular complexity index is 1010. The van der Waals surface area contributed by atoms with Crippen LogP contribution in [0, 0.1) is 0 Å². The number of fused-ring (bicyclic) bond motifs is 2. The lowest BCUT2D eigenvalue weighted by molar-refractivity contribution is -0.122. The standard InChI is InChI=1S/C18H17N3O2S2/c1-24-18-20-14-8-9-25-16(14)17(23)21(18)10-15(22)19-13-7-6-11-4-2-3-5-12(11)13/h2-5,8-9,13H,6-7,10H2,1H3,(H,19,22)/t13-/m1/s1. The molecule has 0 radical (unpaired) electrons. The van der Waals surface area contributed by atoms with Gasteiger partial charge in [0, 0.05) is 0 Å². The van der Waals surface area contributed by atoms with Crippen LogP contribution in [-0.2, 0) is 17.8 Å². The summed E-state index contributed by atoms with van der Waals surface area (Å²) in [6, 6.07) is 10.0. The van der Waals surface area contributed by atoms with Crippen LogP contribution in [0.4, 0.5) is 0 Å². The highest BCUT2D eigenvalue weighted by Gasteiger charge is 2.24. The lowest BCUT2D eigenvalue weighted by Gasteiger charge is -2.16. The zero-order chi connectivity index (χ0) is 17.4. The highest BCUT2D eigenvalue weighted by atomic mass is 32.2. The van der Waals surface area contributed by atoms with Crippen LogP contribution in [-0.4, -0.2) is 21.7 Å². The number of rotatable bonds is 4. The molecular formula is C18H17N3O2S2. The topological polar surface area (TPSA) is 64.0 Å². The third kappa shape index (κ3) is 2.98. The van der Waals surface area contributed by atoms with Crippen LogP contribution in [0.3, 0.4) is 0 Å². The summed E-state index contributed by atoms with van der Waals surface area (Å²) >= 11 is 2.74. The summed E-state index contributed by atoms with van der Waals surface area (Å²) < 4.78 is 2.07. The van der Waals surface area contributed by atoms with Crippen molar-refractivity contribution in [2.24, 2.45) is 0 Å². The Hall–Kier alpha value is -2.12. The van der Waals surface area contributed by atoms with Gasteiger partial charge in [-0.1, -0.05) is 36.0 Å². The molecule has 0 spiro atoms. The van der Waals surface area contributed by atoms with Crippen LogP contribution in [0.25, 0.3) is 10.2 Å². The predicted octanol–water partition coefficient (Wildman–Crippen LogP) is 2.98. The van der Waals surface area contributed by atoms with Gasteiger partial charge in [0.05, 0.1) is 11.6 Å². The van der Waals surface area contributed by atoms with Crippen LogP contribution in [0.1, 0.15) is 23.6 Å². The molecular weight excluding hydrogens is 354 g/mol. The number of hydrogen-bond donors (Lipinski definition) is 1. The van der Waals surface area contributed by atoms with Crippen molar-refractivity contribution in [2.45, 2.75) is 30.6 Å². The first-order chi connectivity index (χ1) is 12.2.